The fourth-order valence-electron chi connectivity index (χ4n) is 3.55. The second-order valence-corrected chi connectivity index (χ2v) is 6.27. The van der Waals surface area contributed by atoms with Crippen molar-refractivity contribution >= 4 is 6.09 Å². The van der Waals surface area contributed by atoms with Crippen LogP contribution in [0, 0.1) is 5.92 Å². The summed E-state index contributed by atoms with van der Waals surface area (Å²) in [6, 6.07) is 11.1. The number of benzene rings is 1. The van der Waals surface area contributed by atoms with Crippen molar-refractivity contribution in [3.8, 4) is 0 Å². The van der Waals surface area contributed by atoms with Crippen LogP contribution in [-0.4, -0.2) is 24.7 Å². The van der Waals surface area contributed by atoms with Crippen LogP contribution in [0.3, 0.4) is 0 Å². The zero-order valence-electron chi connectivity index (χ0n) is 12.4. The lowest BCUT2D eigenvalue weighted by molar-refractivity contribution is 0.132. The van der Waals surface area contributed by atoms with E-state index in [2.05, 4.69) is 10.6 Å². The number of amides is 1. The van der Waals surface area contributed by atoms with Crippen LogP contribution in [0.2, 0.25) is 0 Å². The molecule has 2 aliphatic rings. The lowest BCUT2D eigenvalue weighted by atomic mass is 9.80. The quantitative estimate of drug-likeness (QED) is 0.895. The van der Waals surface area contributed by atoms with Gasteiger partial charge >= 0.3 is 6.09 Å². The van der Waals surface area contributed by atoms with Crippen LogP contribution in [-0.2, 0) is 11.3 Å². The first-order valence-electron chi connectivity index (χ1n) is 8.00. The monoisotopic (exact) mass is 288 g/mol. The number of carbonyl (C=O) groups is 1. The summed E-state index contributed by atoms with van der Waals surface area (Å²) >= 11 is 0. The lowest BCUT2D eigenvalue weighted by Crippen LogP contribution is -2.50. The Kier molecular flexibility index (Phi) is 4.76. The minimum absolute atomic E-state index is 0.303. The maximum Gasteiger partial charge on any atom is 0.407 e. The van der Waals surface area contributed by atoms with Gasteiger partial charge in [-0.15, -0.1) is 0 Å². The van der Waals surface area contributed by atoms with E-state index < -0.39 is 0 Å². The number of hydrogen-bond donors (Lipinski definition) is 2. The standard InChI is InChI=1S/C17H24N2O2/c20-17(21-12-13-5-2-1-3-6-13)18-11-14-9-15-7-4-8-16(10-14)19-15/h1-3,5-6,14-16,19H,4,7-12H2,(H,18,20). The van der Waals surface area contributed by atoms with Gasteiger partial charge in [0.05, 0.1) is 0 Å². The van der Waals surface area contributed by atoms with Crippen LogP contribution in [0.25, 0.3) is 0 Å². The smallest absolute Gasteiger partial charge is 0.407 e. The minimum Gasteiger partial charge on any atom is -0.445 e. The molecular formula is C17H24N2O2. The van der Waals surface area contributed by atoms with E-state index >= 15 is 0 Å². The van der Waals surface area contributed by atoms with Gasteiger partial charge in [-0.1, -0.05) is 36.8 Å². The molecule has 0 saturated carbocycles. The van der Waals surface area contributed by atoms with Gasteiger partial charge in [0.15, 0.2) is 0 Å². The number of ether oxygens (including phenoxy) is 1. The average molecular weight is 288 g/mol. The summed E-state index contributed by atoms with van der Waals surface area (Å²) in [5, 5.41) is 6.60. The number of rotatable bonds is 4. The molecule has 2 saturated heterocycles. The molecule has 4 nitrogen and oxygen atoms in total. The van der Waals surface area contributed by atoms with Gasteiger partial charge in [-0.25, -0.2) is 4.79 Å². The second-order valence-electron chi connectivity index (χ2n) is 6.27. The van der Waals surface area contributed by atoms with E-state index in [1.807, 2.05) is 30.3 Å². The summed E-state index contributed by atoms with van der Waals surface area (Å²) in [6.45, 7) is 1.08. The highest BCUT2D eigenvalue weighted by Crippen LogP contribution is 2.29. The third-order valence-electron chi connectivity index (χ3n) is 4.56. The van der Waals surface area contributed by atoms with Crippen LogP contribution in [0.1, 0.15) is 37.7 Å². The molecule has 1 aromatic carbocycles. The van der Waals surface area contributed by atoms with Crippen molar-refractivity contribution in [2.75, 3.05) is 6.54 Å². The van der Waals surface area contributed by atoms with Crippen molar-refractivity contribution in [3.05, 3.63) is 35.9 Å². The van der Waals surface area contributed by atoms with Crippen LogP contribution in [0.4, 0.5) is 4.79 Å². The number of nitrogens with one attached hydrogen (secondary N) is 2. The molecule has 4 heteroatoms. The topological polar surface area (TPSA) is 50.4 Å². The molecule has 3 rings (SSSR count). The van der Waals surface area contributed by atoms with Gasteiger partial charge in [0.1, 0.15) is 6.61 Å². The van der Waals surface area contributed by atoms with E-state index in [0.29, 0.717) is 24.6 Å². The Morgan fingerprint density at radius 1 is 1.19 bits per heavy atom. The number of piperidine rings is 2. The molecule has 0 aromatic heterocycles. The maximum atomic E-state index is 11.8. The summed E-state index contributed by atoms with van der Waals surface area (Å²) in [6.07, 6.45) is 5.96. The molecule has 2 heterocycles. The molecule has 2 atom stereocenters. The van der Waals surface area contributed by atoms with Crippen LogP contribution >= 0.6 is 0 Å². The van der Waals surface area contributed by atoms with Crippen LogP contribution in [0.5, 0.6) is 0 Å². The van der Waals surface area contributed by atoms with Gasteiger partial charge in [-0.3, -0.25) is 0 Å². The lowest BCUT2D eigenvalue weighted by Gasteiger charge is -2.40. The minimum atomic E-state index is -0.303. The molecule has 0 aliphatic carbocycles. The summed E-state index contributed by atoms with van der Waals surface area (Å²) in [7, 11) is 0. The Bertz CT molecular complexity index is 451. The molecular weight excluding hydrogens is 264 g/mol. The zero-order valence-corrected chi connectivity index (χ0v) is 12.4. The molecule has 1 amide bonds. The second kappa shape index (κ2) is 6.94. The Morgan fingerprint density at radius 3 is 2.62 bits per heavy atom. The fraction of sp³-hybridized carbons (Fsp3) is 0.588. The number of carbonyl (C=O) groups excluding carboxylic acids is 1. The zero-order chi connectivity index (χ0) is 14.5. The molecule has 2 fully saturated rings. The highest BCUT2D eigenvalue weighted by molar-refractivity contribution is 5.67. The van der Waals surface area contributed by atoms with Crippen molar-refractivity contribution < 1.29 is 9.53 Å². The molecule has 2 unspecified atom stereocenters. The van der Waals surface area contributed by atoms with E-state index in [-0.39, 0.29) is 6.09 Å². The first-order chi connectivity index (χ1) is 10.3. The fourth-order valence-corrected chi connectivity index (χ4v) is 3.55. The normalized spacial score (nSPS) is 27.9. The predicted octanol–water partition coefficient (Wildman–Crippen LogP) is 2.83. The van der Waals surface area contributed by atoms with Gasteiger partial charge in [0.2, 0.25) is 0 Å². The summed E-state index contributed by atoms with van der Waals surface area (Å²) < 4.78 is 5.25. The van der Waals surface area contributed by atoms with Gasteiger partial charge < -0.3 is 15.4 Å². The molecule has 21 heavy (non-hydrogen) atoms. The molecule has 0 spiro atoms. The SMILES string of the molecule is O=C(NCC1CC2CCCC(C1)N2)OCc1ccccc1. The van der Waals surface area contributed by atoms with Gasteiger partial charge in [0, 0.05) is 18.6 Å². The Balaban J connectivity index is 1.38. The Morgan fingerprint density at radius 2 is 1.90 bits per heavy atom. The van der Waals surface area contributed by atoms with E-state index in [4.69, 9.17) is 4.74 Å². The largest absolute Gasteiger partial charge is 0.445 e. The summed E-state index contributed by atoms with van der Waals surface area (Å²) in [4.78, 5) is 11.8. The van der Waals surface area contributed by atoms with E-state index in [1.54, 1.807) is 0 Å². The third kappa shape index (κ3) is 4.21. The van der Waals surface area contributed by atoms with Gasteiger partial charge in [-0.05, 0) is 37.2 Å². The van der Waals surface area contributed by atoms with Crippen molar-refractivity contribution in [1.82, 2.24) is 10.6 Å². The maximum absolute atomic E-state index is 11.8. The Hall–Kier alpha value is -1.55. The molecule has 2 N–H and O–H groups in total. The molecule has 0 radical (unpaired) electrons. The van der Waals surface area contributed by atoms with Gasteiger partial charge in [-0.2, -0.15) is 0 Å². The average Bonchev–Trinajstić information content (AvgIpc) is 2.52. The van der Waals surface area contributed by atoms with Crippen LogP contribution < -0.4 is 10.6 Å². The van der Waals surface area contributed by atoms with E-state index in [0.717, 1.165) is 12.1 Å². The molecule has 1 aromatic rings. The third-order valence-corrected chi connectivity index (χ3v) is 4.56. The highest BCUT2D eigenvalue weighted by Gasteiger charge is 2.31. The summed E-state index contributed by atoms with van der Waals surface area (Å²) in [5.41, 5.74) is 1.02. The van der Waals surface area contributed by atoms with Crippen molar-refractivity contribution in [3.63, 3.8) is 0 Å². The molecule has 2 aliphatic heterocycles. The van der Waals surface area contributed by atoms with Crippen LogP contribution in [0.15, 0.2) is 30.3 Å². The van der Waals surface area contributed by atoms with E-state index in [9.17, 15) is 4.79 Å². The van der Waals surface area contributed by atoms with Crippen molar-refractivity contribution in [1.29, 1.82) is 0 Å². The van der Waals surface area contributed by atoms with Crippen molar-refractivity contribution in [2.24, 2.45) is 5.92 Å². The molecule has 114 valence electrons. The van der Waals surface area contributed by atoms with Gasteiger partial charge in [0.25, 0.3) is 0 Å². The Labute approximate surface area is 126 Å². The number of fused-ring (bicyclic) bond motifs is 2. The number of hydrogen-bond acceptors (Lipinski definition) is 3. The highest BCUT2D eigenvalue weighted by atomic mass is 16.5. The first-order valence-corrected chi connectivity index (χ1v) is 8.00. The van der Waals surface area contributed by atoms with Crippen molar-refractivity contribution in [2.45, 2.75) is 50.8 Å². The molecule has 2 bridgehead atoms. The summed E-state index contributed by atoms with van der Waals surface area (Å²) in [5.74, 6) is 0.589. The van der Waals surface area contributed by atoms with E-state index in [1.165, 1.54) is 32.1 Å². The first kappa shape index (κ1) is 14.4. The predicted molar refractivity (Wildman–Crippen MR) is 81.9 cm³/mol. The number of alkyl carbamates (subject to hydrolysis) is 1.